The summed E-state index contributed by atoms with van der Waals surface area (Å²) in [6, 6.07) is 8.10. The van der Waals surface area contributed by atoms with Crippen LogP contribution in [0.5, 0.6) is 5.75 Å². The first-order valence-corrected chi connectivity index (χ1v) is 6.64. The molecular weight excluding hydrogens is 226 g/mol. The van der Waals surface area contributed by atoms with Crippen LogP contribution in [0.3, 0.4) is 0 Å². The van der Waals surface area contributed by atoms with Gasteiger partial charge in [0, 0.05) is 5.92 Å². The molecule has 0 aromatic heterocycles. The van der Waals surface area contributed by atoms with E-state index in [4.69, 9.17) is 10.5 Å². The Morgan fingerprint density at radius 3 is 2.83 bits per heavy atom. The molecule has 96 valence electrons. The number of methoxy groups -OCH3 is 1. The van der Waals surface area contributed by atoms with Crippen LogP contribution in [0.1, 0.15) is 30.7 Å². The summed E-state index contributed by atoms with van der Waals surface area (Å²) in [6.07, 6.45) is 3.56. The minimum atomic E-state index is -0.130. The molecule has 2 aliphatic rings. The summed E-state index contributed by atoms with van der Waals surface area (Å²) in [4.78, 5) is 11.7. The molecule has 4 atom stereocenters. The summed E-state index contributed by atoms with van der Waals surface area (Å²) in [5.74, 6) is 2.18. The molecule has 0 unspecified atom stereocenters. The van der Waals surface area contributed by atoms with Gasteiger partial charge in [-0.15, -0.1) is 0 Å². The van der Waals surface area contributed by atoms with E-state index in [1.807, 2.05) is 12.1 Å². The summed E-state index contributed by atoms with van der Waals surface area (Å²) in [6.45, 7) is 0. The average molecular weight is 245 g/mol. The van der Waals surface area contributed by atoms with Crippen LogP contribution in [0.25, 0.3) is 0 Å². The number of carbonyl (C=O) groups is 1. The molecule has 2 N–H and O–H groups in total. The largest absolute Gasteiger partial charge is 0.497 e. The Balaban J connectivity index is 1.96. The zero-order chi connectivity index (χ0) is 12.7. The molecule has 2 fully saturated rings. The highest BCUT2D eigenvalue weighted by atomic mass is 16.5. The molecule has 18 heavy (non-hydrogen) atoms. The van der Waals surface area contributed by atoms with Gasteiger partial charge in [0.2, 0.25) is 5.91 Å². The van der Waals surface area contributed by atoms with Crippen LogP contribution in [0.4, 0.5) is 0 Å². The zero-order valence-electron chi connectivity index (χ0n) is 10.6. The van der Waals surface area contributed by atoms with Crippen LogP contribution in [0.2, 0.25) is 0 Å². The molecule has 1 aromatic carbocycles. The van der Waals surface area contributed by atoms with Crippen LogP contribution >= 0.6 is 0 Å². The Morgan fingerprint density at radius 2 is 2.11 bits per heavy atom. The second-order valence-electron chi connectivity index (χ2n) is 5.56. The predicted molar refractivity (Wildman–Crippen MR) is 69.3 cm³/mol. The molecule has 0 saturated heterocycles. The highest BCUT2D eigenvalue weighted by Crippen LogP contribution is 2.56. The molecule has 3 rings (SSSR count). The molecule has 0 heterocycles. The van der Waals surface area contributed by atoms with Gasteiger partial charge in [0.05, 0.1) is 7.11 Å². The summed E-state index contributed by atoms with van der Waals surface area (Å²) < 4.78 is 5.27. The number of primary amides is 1. The molecule has 2 aliphatic carbocycles. The third kappa shape index (κ3) is 1.69. The van der Waals surface area contributed by atoms with Gasteiger partial charge in [-0.1, -0.05) is 12.1 Å². The van der Waals surface area contributed by atoms with E-state index in [0.29, 0.717) is 17.8 Å². The third-order valence-corrected chi connectivity index (χ3v) is 4.72. The van der Waals surface area contributed by atoms with Crippen LogP contribution in [-0.2, 0) is 4.79 Å². The number of rotatable bonds is 3. The van der Waals surface area contributed by atoms with Crippen molar-refractivity contribution in [2.75, 3.05) is 7.11 Å². The number of amides is 1. The maximum absolute atomic E-state index is 11.7. The lowest BCUT2D eigenvalue weighted by molar-refractivity contribution is -0.123. The van der Waals surface area contributed by atoms with E-state index in [2.05, 4.69) is 12.1 Å². The number of hydrogen-bond donors (Lipinski definition) is 1. The maximum Gasteiger partial charge on any atom is 0.221 e. The van der Waals surface area contributed by atoms with Crippen molar-refractivity contribution in [1.82, 2.24) is 0 Å². The van der Waals surface area contributed by atoms with E-state index in [1.54, 1.807) is 7.11 Å². The highest BCUT2D eigenvalue weighted by molar-refractivity contribution is 5.79. The fraction of sp³-hybridized carbons (Fsp3) is 0.533. The quantitative estimate of drug-likeness (QED) is 0.888. The SMILES string of the molecule is COc1cccc([C@@H]2[C@H]3CC[C@H](C3)[C@H]2C(N)=O)c1. The van der Waals surface area contributed by atoms with E-state index >= 15 is 0 Å². The number of benzene rings is 1. The fourth-order valence-electron chi connectivity index (χ4n) is 4.03. The van der Waals surface area contributed by atoms with Gasteiger partial charge in [0.1, 0.15) is 5.75 Å². The van der Waals surface area contributed by atoms with Crippen LogP contribution in [0, 0.1) is 17.8 Å². The number of fused-ring (bicyclic) bond motifs is 2. The minimum Gasteiger partial charge on any atom is -0.497 e. The summed E-state index contributed by atoms with van der Waals surface area (Å²) >= 11 is 0. The van der Waals surface area contributed by atoms with Gasteiger partial charge in [0.25, 0.3) is 0 Å². The van der Waals surface area contributed by atoms with Crippen LogP contribution in [0.15, 0.2) is 24.3 Å². The molecule has 0 aliphatic heterocycles. The molecule has 2 saturated carbocycles. The lowest BCUT2D eigenvalue weighted by Gasteiger charge is -2.29. The molecule has 2 bridgehead atoms. The van der Waals surface area contributed by atoms with Crippen LogP contribution in [-0.4, -0.2) is 13.0 Å². The van der Waals surface area contributed by atoms with Crippen molar-refractivity contribution in [1.29, 1.82) is 0 Å². The molecular formula is C15H19NO2. The van der Waals surface area contributed by atoms with Crippen molar-refractivity contribution in [3.05, 3.63) is 29.8 Å². The standard InChI is InChI=1S/C15H19NO2/c1-18-12-4-2-3-9(8-12)13-10-5-6-11(7-10)14(13)15(16)17/h2-4,8,10-11,13-14H,5-7H2,1H3,(H2,16,17)/t10-,11+,13+,14+/m0/s1. The summed E-state index contributed by atoms with van der Waals surface area (Å²) in [5, 5.41) is 0. The van der Waals surface area contributed by atoms with Gasteiger partial charge in [-0.2, -0.15) is 0 Å². The van der Waals surface area contributed by atoms with E-state index < -0.39 is 0 Å². The molecule has 1 amide bonds. The van der Waals surface area contributed by atoms with Gasteiger partial charge in [0.15, 0.2) is 0 Å². The number of carbonyl (C=O) groups excluding carboxylic acids is 1. The van der Waals surface area contributed by atoms with Crippen molar-refractivity contribution < 1.29 is 9.53 Å². The second kappa shape index (κ2) is 4.30. The Morgan fingerprint density at radius 1 is 1.33 bits per heavy atom. The van der Waals surface area contributed by atoms with Gasteiger partial charge in [-0.3, -0.25) is 4.79 Å². The smallest absolute Gasteiger partial charge is 0.221 e. The number of nitrogens with two attached hydrogens (primary N) is 1. The molecule has 0 radical (unpaired) electrons. The van der Waals surface area contributed by atoms with Gasteiger partial charge in [-0.25, -0.2) is 0 Å². The molecule has 3 heteroatoms. The lowest BCUT2D eigenvalue weighted by Crippen LogP contribution is -2.33. The summed E-state index contributed by atoms with van der Waals surface area (Å²) in [7, 11) is 1.67. The fourth-order valence-corrected chi connectivity index (χ4v) is 4.03. The van der Waals surface area contributed by atoms with Gasteiger partial charge in [-0.05, 0) is 54.7 Å². The average Bonchev–Trinajstić information content (AvgIpc) is 2.98. The molecule has 3 nitrogen and oxygen atoms in total. The third-order valence-electron chi connectivity index (χ3n) is 4.72. The number of hydrogen-bond acceptors (Lipinski definition) is 2. The maximum atomic E-state index is 11.7. The minimum absolute atomic E-state index is 0.0239. The van der Waals surface area contributed by atoms with Crippen molar-refractivity contribution in [2.45, 2.75) is 25.2 Å². The highest BCUT2D eigenvalue weighted by Gasteiger charge is 2.50. The molecule has 1 aromatic rings. The van der Waals surface area contributed by atoms with E-state index in [1.165, 1.54) is 18.4 Å². The first kappa shape index (κ1) is 11.6. The Bertz CT molecular complexity index is 471. The molecule has 0 spiro atoms. The Labute approximate surface area is 107 Å². The Hall–Kier alpha value is -1.51. The van der Waals surface area contributed by atoms with Crippen molar-refractivity contribution >= 4 is 5.91 Å². The first-order chi connectivity index (χ1) is 8.70. The van der Waals surface area contributed by atoms with E-state index in [9.17, 15) is 4.79 Å². The van der Waals surface area contributed by atoms with E-state index in [-0.39, 0.29) is 11.8 Å². The van der Waals surface area contributed by atoms with Gasteiger partial charge >= 0.3 is 0 Å². The van der Waals surface area contributed by atoms with Crippen molar-refractivity contribution in [2.24, 2.45) is 23.5 Å². The topological polar surface area (TPSA) is 52.3 Å². The van der Waals surface area contributed by atoms with Crippen LogP contribution < -0.4 is 10.5 Å². The van der Waals surface area contributed by atoms with Crippen molar-refractivity contribution in [3.63, 3.8) is 0 Å². The second-order valence-corrected chi connectivity index (χ2v) is 5.56. The first-order valence-electron chi connectivity index (χ1n) is 6.64. The zero-order valence-corrected chi connectivity index (χ0v) is 10.6. The normalized spacial score (nSPS) is 33.6. The Kier molecular flexibility index (Phi) is 2.77. The number of ether oxygens (including phenoxy) is 1. The van der Waals surface area contributed by atoms with Gasteiger partial charge < -0.3 is 10.5 Å². The predicted octanol–water partition coefficient (Wildman–Crippen LogP) is 2.31. The van der Waals surface area contributed by atoms with E-state index in [0.717, 1.165) is 12.2 Å². The summed E-state index contributed by atoms with van der Waals surface area (Å²) in [5.41, 5.74) is 6.83. The lowest BCUT2D eigenvalue weighted by atomic mass is 9.75. The monoisotopic (exact) mass is 245 g/mol. The van der Waals surface area contributed by atoms with Crippen molar-refractivity contribution in [3.8, 4) is 5.75 Å².